The van der Waals surface area contributed by atoms with Crippen molar-refractivity contribution in [2.24, 2.45) is 0 Å². The van der Waals surface area contributed by atoms with E-state index < -0.39 is 0 Å². The Labute approximate surface area is 732 Å². The van der Waals surface area contributed by atoms with Crippen LogP contribution in [0.3, 0.4) is 0 Å². The van der Waals surface area contributed by atoms with Gasteiger partial charge in [-0.25, -0.2) is 39.1 Å². The molecule has 1 aliphatic rings. The summed E-state index contributed by atoms with van der Waals surface area (Å²) < 4.78 is 27.6. The van der Waals surface area contributed by atoms with Gasteiger partial charge < -0.3 is 68.0 Å². The third-order valence-corrected chi connectivity index (χ3v) is 21.1. The van der Waals surface area contributed by atoms with Gasteiger partial charge in [-0.15, -0.1) is 61.2 Å². The van der Waals surface area contributed by atoms with Gasteiger partial charge in [0, 0.05) is 202 Å². The number of hydrogen-bond acceptors (Lipinski definition) is 32. The quantitative estimate of drug-likeness (QED) is 0.0300. The summed E-state index contributed by atoms with van der Waals surface area (Å²) in [5, 5.41) is 80.8. The molecule has 5 aromatic carbocycles. The van der Waals surface area contributed by atoms with E-state index in [0.717, 1.165) is 87.0 Å². The molecule has 20 rings (SSSR count). The van der Waals surface area contributed by atoms with Crippen LogP contribution in [0, 0.1) is 12.7 Å². The van der Waals surface area contributed by atoms with E-state index >= 15 is 0 Å². The summed E-state index contributed by atoms with van der Waals surface area (Å²) >= 11 is 9.58. The number of pyridine rings is 1. The fourth-order valence-corrected chi connectivity index (χ4v) is 14.4. The van der Waals surface area contributed by atoms with Crippen LogP contribution in [-0.4, -0.2) is 194 Å². The molecule has 43 heteroatoms. The number of aromatic nitrogens is 27. The molecule has 1 fully saturated rings. The number of para-hydroxylation sites is 1. The molecule has 0 spiro atoms. The zero-order chi connectivity index (χ0) is 87.4. The molecule has 0 radical (unpaired) electrons. The van der Waals surface area contributed by atoms with Crippen LogP contribution in [-0.2, 0) is 26.2 Å². The first-order valence-corrected chi connectivity index (χ1v) is 40.9. The van der Waals surface area contributed by atoms with Crippen LogP contribution in [0.1, 0.15) is 46.7 Å². The molecule has 40 nitrogen and oxygen atoms in total. The fourth-order valence-electron chi connectivity index (χ4n) is 13.8. The molecule has 1 saturated heterocycles. The number of aryl methyl sites for hydroxylation is 1. The molecule has 19 aromatic rings. The minimum atomic E-state index is -0.246. The average Bonchev–Trinajstić information content (AvgIpc) is 1.59. The van der Waals surface area contributed by atoms with Gasteiger partial charge in [-0.05, 0) is 91.1 Å². The summed E-state index contributed by atoms with van der Waals surface area (Å²) in [6, 6.07) is 42.6. The number of fused-ring (bicyclic) bond motifs is 7. The highest BCUT2D eigenvalue weighted by atomic mass is 79.9. The molecule has 14 aromatic heterocycles. The van der Waals surface area contributed by atoms with Crippen LogP contribution in [0.5, 0.6) is 0 Å². The number of nitrogens with zero attached hydrogens (tertiary/aromatic N) is 28. The molecule has 1 aliphatic heterocycles. The topological polar surface area (TPSA) is 436 Å². The molecule has 126 heavy (non-hydrogen) atoms. The number of H-pyrrole nitrogens is 1. The van der Waals surface area contributed by atoms with Crippen molar-refractivity contribution in [1.29, 1.82) is 0 Å². The van der Waals surface area contributed by atoms with Crippen LogP contribution >= 0.6 is 27.5 Å². The second kappa shape index (κ2) is 40.2. The standard InChI is InChI=1S/C18H19ClN8O.C14H16N6.C13H13BrN6.C13H13FN6.C13H14N6.C12H13N7/c1-20-17-24-23-16-15(21-6-9-26(16)17)25-7-4-12(5-8-25)27-14-3-2-11(19)10-13(14)22-18(27)28;1-10-4-3-5-11(8-10)9-17-12-13-18-19-14(15-2)20(13)7-6-16-12;2*1-15-13-19-18-12-11(16-6-7-20(12)13)17-8-9-4-2-3-5-10(9)14;1-14-13-17-16-12-11(15-8-9-19(12)13)18(2)10-6-4-3-5-7-10;1-13-12-18-17-11-10(15-6-7-19(11)12)16-8-9-2-4-14-5-3-9/h2-3,6,9-10,12H,4-5,7-8H2,1H3,(H,20,24)(H,22,28);3-8H,9H2,1-2H3,(H,15,19)(H,16,17);2*2-7H,8H2,1H3,(H,15,19)(H,16,17);3-9H,1-2H3,(H,14,17);2-7H,8H2,1H3,(H,13,18)(H,15,16). The summed E-state index contributed by atoms with van der Waals surface area (Å²) in [6.45, 7) is 6.02. The van der Waals surface area contributed by atoms with Gasteiger partial charge in [0.1, 0.15) is 5.82 Å². The number of hydrogen-bond donors (Lipinski definition) is 11. The SMILES string of the molecule is CNc1nnc2c(N(C)c3ccccc3)nccn12.CNc1nnc2c(N3CCC(n4c(=O)[nH]c5cc(Cl)ccc54)CC3)nccn12.CNc1nnc2c(NCc3cccc(C)c3)nccn12.CNc1nnc2c(NCc3ccccc3Br)nccn12.CNc1nnc2c(NCc3ccccc3F)nccn12.CNc1nnc2c(NCc3ccncc3)nccn12. The van der Waals surface area contributed by atoms with Gasteiger partial charge in [0.15, 0.2) is 34.9 Å². The van der Waals surface area contributed by atoms with Crippen LogP contribution < -0.4 is 68.7 Å². The van der Waals surface area contributed by atoms with E-state index in [1.54, 1.807) is 98.5 Å². The van der Waals surface area contributed by atoms with Gasteiger partial charge in [0.2, 0.25) is 69.6 Å². The normalized spacial score (nSPS) is 11.8. The third kappa shape index (κ3) is 19.4. The highest BCUT2D eigenvalue weighted by molar-refractivity contribution is 9.10. The van der Waals surface area contributed by atoms with Crippen molar-refractivity contribution in [3.63, 3.8) is 0 Å². The lowest BCUT2D eigenvalue weighted by molar-refractivity contribution is 0.395. The minimum Gasteiger partial charge on any atom is -0.363 e. The first-order chi connectivity index (χ1) is 61.7. The van der Waals surface area contributed by atoms with E-state index in [0.29, 0.717) is 112 Å². The molecule has 0 unspecified atom stereocenters. The van der Waals surface area contributed by atoms with E-state index in [1.807, 2.05) is 170 Å². The van der Waals surface area contributed by atoms with Crippen LogP contribution in [0.25, 0.3) is 44.9 Å². The van der Waals surface area contributed by atoms with Crippen molar-refractivity contribution in [2.45, 2.75) is 52.0 Å². The van der Waals surface area contributed by atoms with Crippen molar-refractivity contribution in [1.82, 2.24) is 132 Å². The van der Waals surface area contributed by atoms with E-state index in [2.05, 4.69) is 212 Å². The zero-order valence-electron chi connectivity index (χ0n) is 69.6. The summed E-state index contributed by atoms with van der Waals surface area (Å²) in [7, 11) is 12.8. The van der Waals surface area contributed by atoms with Crippen molar-refractivity contribution in [2.75, 3.05) is 125 Å². The molecule has 642 valence electrons. The second-order valence-electron chi connectivity index (χ2n) is 27.9. The summed E-state index contributed by atoms with van der Waals surface area (Å²) in [5.74, 6) is 8.09. The van der Waals surface area contributed by atoms with Gasteiger partial charge in [-0.1, -0.05) is 112 Å². The lowest BCUT2D eigenvalue weighted by Gasteiger charge is -2.33. The van der Waals surface area contributed by atoms with Crippen molar-refractivity contribution in [3.8, 4) is 0 Å². The Hall–Kier alpha value is -15.9. The lowest BCUT2D eigenvalue weighted by atomic mass is 10.0. The number of aromatic amines is 1. The van der Waals surface area contributed by atoms with Crippen molar-refractivity contribution in [3.05, 3.63) is 274 Å². The number of rotatable bonds is 22. The highest BCUT2D eigenvalue weighted by Crippen LogP contribution is 2.32. The number of anilines is 13. The Morgan fingerprint density at radius 3 is 1.37 bits per heavy atom. The molecule has 0 saturated carbocycles. The number of piperidine rings is 1. The van der Waals surface area contributed by atoms with Crippen LogP contribution in [0.4, 0.5) is 80.7 Å². The largest absolute Gasteiger partial charge is 0.363 e. The van der Waals surface area contributed by atoms with E-state index in [9.17, 15) is 9.18 Å². The van der Waals surface area contributed by atoms with Crippen molar-refractivity contribution >= 4 is 149 Å². The molecular formula is C83H88BrClFN39O. The van der Waals surface area contributed by atoms with Gasteiger partial charge in [-0.2, -0.15) is 0 Å². The van der Waals surface area contributed by atoms with E-state index in [-0.39, 0.29) is 17.5 Å². The number of benzene rings is 5. The van der Waals surface area contributed by atoms with Crippen LogP contribution in [0.15, 0.2) is 229 Å². The maximum absolute atomic E-state index is 13.6. The maximum Gasteiger partial charge on any atom is 0.326 e. The van der Waals surface area contributed by atoms with E-state index in [4.69, 9.17) is 11.6 Å². The summed E-state index contributed by atoms with van der Waals surface area (Å²) in [4.78, 5) is 49.7. The number of halogens is 3. The Morgan fingerprint density at radius 1 is 0.444 bits per heavy atom. The molecule has 15 heterocycles. The first kappa shape index (κ1) is 85.1. The Bertz CT molecular complexity index is 6780. The number of imidazole rings is 1. The maximum atomic E-state index is 13.6. The minimum absolute atomic E-state index is 0.0907. The van der Waals surface area contributed by atoms with Gasteiger partial charge in [0.05, 0.1) is 11.0 Å². The second-order valence-corrected chi connectivity index (χ2v) is 29.2. The first-order valence-electron chi connectivity index (χ1n) is 39.8. The highest BCUT2D eigenvalue weighted by Gasteiger charge is 2.27. The number of nitrogens with one attached hydrogen (secondary N) is 11. The molecule has 0 aliphatic carbocycles. The predicted molar refractivity (Wildman–Crippen MR) is 490 cm³/mol. The Morgan fingerprint density at radius 2 is 0.873 bits per heavy atom. The van der Waals surface area contributed by atoms with Gasteiger partial charge >= 0.3 is 5.69 Å². The molecular weight excluding hydrogens is 1690 g/mol. The Balaban J connectivity index is 0.000000117. The summed E-state index contributed by atoms with van der Waals surface area (Å²) in [5.41, 5.74) is 12.1. The summed E-state index contributed by atoms with van der Waals surface area (Å²) in [6.07, 6.45) is 26.4. The van der Waals surface area contributed by atoms with E-state index in [1.165, 1.54) is 17.2 Å². The van der Waals surface area contributed by atoms with Crippen molar-refractivity contribution < 1.29 is 4.39 Å². The van der Waals surface area contributed by atoms with Gasteiger partial charge in [0.25, 0.3) is 0 Å². The predicted octanol–water partition coefficient (Wildman–Crippen LogP) is 12.0. The molecule has 11 N–H and O–H groups in total. The van der Waals surface area contributed by atoms with Gasteiger partial charge in [-0.3, -0.25) is 36.0 Å². The zero-order valence-corrected chi connectivity index (χ0v) is 71.9. The molecule has 0 bridgehead atoms. The van der Waals surface area contributed by atoms with Crippen LogP contribution in [0.2, 0.25) is 5.02 Å². The monoisotopic (exact) mass is 1780 g/mol. The third-order valence-electron chi connectivity index (χ3n) is 20.1. The molecule has 0 amide bonds. The molecule has 0 atom stereocenters. The average molecular weight is 1780 g/mol. The Kier molecular flexibility index (Phi) is 27.2. The lowest BCUT2D eigenvalue weighted by Crippen LogP contribution is -2.37. The fraction of sp³-hybridized carbons (Fsp3) is 0.205. The smallest absolute Gasteiger partial charge is 0.326 e.